The number of carbonyl (C=O) groups excluding carboxylic acids is 3. The molecule has 0 aliphatic rings. The van der Waals surface area contributed by atoms with E-state index in [2.05, 4.69) is 20.4 Å². The van der Waals surface area contributed by atoms with Gasteiger partial charge >= 0.3 is 12.1 Å². The van der Waals surface area contributed by atoms with Gasteiger partial charge in [-0.05, 0) is 30.5 Å². The van der Waals surface area contributed by atoms with Crippen molar-refractivity contribution < 1.29 is 32.3 Å². The smallest absolute Gasteiger partial charge is 0.416 e. The van der Waals surface area contributed by atoms with Crippen LogP contribution in [0.15, 0.2) is 24.3 Å². The zero-order valence-corrected chi connectivity index (χ0v) is 16.1. The number of methoxy groups -OCH3 is 1. The van der Waals surface area contributed by atoms with Gasteiger partial charge in [-0.1, -0.05) is 19.9 Å². The van der Waals surface area contributed by atoms with E-state index in [0.717, 1.165) is 12.1 Å². The number of hydrogen-bond donors (Lipinski definition) is 3. The van der Waals surface area contributed by atoms with Crippen LogP contribution >= 0.6 is 0 Å². The molecule has 3 N–H and O–H groups in total. The fourth-order valence-electron chi connectivity index (χ4n) is 2.75. The number of H-pyrrole nitrogens is 1. The first-order valence-corrected chi connectivity index (χ1v) is 8.86. The molecule has 2 rings (SSSR count). The number of hydrogen-bond acceptors (Lipinski definition) is 4. The molecule has 1 atom stereocenters. The predicted octanol–water partition coefficient (Wildman–Crippen LogP) is 2.62. The monoisotopic (exact) mass is 413 g/mol. The minimum Gasteiger partial charge on any atom is -0.467 e. The largest absolute Gasteiger partial charge is 0.467 e. The molecule has 0 fully saturated rings. The lowest BCUT2D eigenvalue weighted by atomic mass is 10.0. The molecule has 1 aromatic heterocycles. The van der Waals surface area contributed by atoms with Crippen molar-refractivity contribution in [3.8, 4) is 0 Å². The Morgan fingerprint density at radius 3 is 2.45 bits per heavy atom. The normalized spacial score (nSPS) is 12.7. The molecule has 0 unspecified atom stereocenters. The third-order valence-corrected chi connectivity index (χ3v) is 4.13. The molecular formula is C19H22F3N3O4. The highest BCUT2D eigenvalue weighted by atomic mass is 19.4. The highest BCUT2D eigenvalue weighted by Gasteiger charge is 2.30. The highest BCUT2D eigenvalue weighted by molar-refractivity contribution is 5.99. The molecule has 2 amide bonds. The van der Waals surface area contributed by atoms with Crippen molar-refractivity contribution in [1.82, 2.24) is 15.6 Å². The summed E-state index contributed by atoms with van der Waals surface area (Å²) in [7, 11) is 1.21. The summed E-state index contributed by atoms with van der Waals surface area (Å²) >= 11 is 0. The van der Waals surface area contributed by atoms with Gasteiger partial charge in [0.25, 0.3) is 5.91 Å². The zero-order chi connectivity index (χ0) is 21.8. The SMILES string of the molecule is COC(=O)[C@H](CC(C)C)NC(=O)CNC(=O)c1cc2ccc(C(F)(F)F)cc2[nH]1. The molecule has 1 heterocycles. The molecule has 10 heteroatoms. The van der Waals surface area contributed by atoms with Gasteiger partial charge in [0.1, 0.15) is 11.7 Å². The van der Waals surface area contributed by atoms with E-state index in [-0.39, 0.29) is 17.1 Å². The van der Waals surface area contributed by atoms with Crippen LogP contribution in [0.2, 0.25) is 0 Å². The van der Waals surface area contributed by atoms with E-state index < -0.39 is 42.1 Å². The first-order valence-electron chi connectivity index (χ1n) is 8.86. The van der Waals surface area contributed by atoms with E-state index in [1.807, 2.05) is 13.8 Å². The number of alkyl halides is 3. The van der Waals surface area contributed by atoms with Crippen molar-refractivity contribution in [2.24, 2.45) is 5.92 Å². The van der Waals surface area contributed by atoms with Gasteiger partial charge in [0, 0.05) is 10.9 Å². The average molecular weight is 413 g/mol. The fraction of sp³-hybridized carbons (Fsp3) is 0.421. The van der Waals surface area contributed by atoms with Crippen molar-refractivity contribution >= 4 is 28.7 Å². The van der Waals surface area contributed by atoms with Crippen LogP contribution in [0.5, 0.6) is 0 Å². The Labute approximate surface area is 165 Å². The third kappa shape index (κ3) is 5.97. The molecule has 29 heavy (non-hydrogen) atoms. The molecule has 0 aliphatic heterocycles. The van der Waals surface area contributed by atoms with Crippen LogP contribution in [-0.2, 0) is 20.5 Å². The van der Waals surface area contributed by atoms with E-state index in [1.54, 1.807) is 0 Å². The maximum atomic E-state index is 12.8. The van der Waals surface area contributed by atoms with Gasteiger partial charge < -0.3 is 20.4 Å². The molecule has 0 radical (unpaired) electrons. The van der Waals surface area contributed by atoms with E-state index in [1.165, 1.54) is 19.2 Å². The summed E-state index contributed by atoms with van der Waals surface area (Å²) < 4.78 is 43.0. The molecule has 0 aliphatic carbocycles. The minimum absolute atomic E-state index is 0.0128. The Balaban J connectivity index is 2.01. The lowest BCUT2D eigenvalue weighted by Gasteiger charge is -2.18. The summed E-state index contributed by atoms with van der Waals surface area (Å²) in [4.78, 5) is 38.6. The number of esters is 1. The molecule has 7 nitrogen and oxygen atoms in total. The lowest BCUT2D eigenvalue weighted by molar-refractivity contribution is -0.145. The van der Waals surface area contributed by atoms with Crippen LogP contribution in [0, 0.1) is 5.92 Å². The first kappa shape index (κ1) is 22.3. The second-order valence-electron chi connectivity index (χ2n) is 6.94. The number of nitrogens with one attached hydrogen (secondary N) is 3. The van der Waals surface area contributed by atoms with Crippen molar-refractivity contribution in [1.29, 1.82) is 0 Å². The number of aromatic amines is 1. The fourth-order valence-corrected chi connectivity index (χ4v) is 2.75. The van der Waals surface area contributed by atoms with E-state index in [4.69, 9.17) is 0 Å². The summed E-state index contributed by atoms with van der Waals surface area (Å²) in [6.45, 7) is 3.35. The standard InChI is InChI=1S/C19H22F3N3O4/c1-10(2)6-15(18(28)29-3)25-16(26)9-23-17(27)14-7-11-4-5-12(19(20,21)22)8-13(11)24-14/h4-5,7-8,10,15,24H,6,9H2,1-3H3,(H,23,27)(H,25,26)/t15-/m0/s1. The second-order valence-corrected chi connectivity index (χ2v) is 6.94. The minimum atomic E-state index is -4.49. The quantitative estimate of drug-likeness (QED) is 0.608. The van der Waals surface area contributed by atoms with Gasteiger partial charge in [0.15, 0.2) is 0 Å². The number of ether oxygens (including phenoxy) is 1. The summed E-state index contributed by atoms with van der Waals surface area (Å²) in [5.74, 6) is -1.72. The predicted molar refractivity (Wildman–Crippen MR) is 99.0 cm³/mol. The van der Waals surface area contributed by atoms with Gasteiger partial charge in [-0.2, -0.15) is 13.2 Å². The molecule has 158 valence electrons. The third-order valence-electron chi connectivity index (χ3n) is 4.13. The topological polar surface area (TPSA) is 100 Å². The Morgan fingerprint density at radius 1 is 1.17 bits per heavy atom. The van der Waals surface area contributed by atoms with Gasteiger partial charge in [-0.25, -0.2) is 4.79 Å². The number of carbonyl (C=O) groups is 3. The first-order chi connectivity index (χ1) is 13.5. The zero-order valence-electron chi connectivity index (χ0n) is 16.1. The van der Waals surface area contributed by atoms with Crippen molar-refractivity contribution in [2.45, 2.75) is 32.5 Å². The summed E-state index contributed by atoms with van der Waals surface area (Å²) in [5, 5.41) is 5.28. The number of aromatic nitrogens is 1. The van der Waals surface area contributed by atoms with E-state index in [0.29, 0.717) is 11.8 Å². The number of amides is 2. The van der Waals surface area contributed by atoms with Crippen LogP contribution in [0.3, 0.4) is 0 Å². The second kappa shape index (κ2) is 8.97. The molecule has 2 aromatic rings. The number of benzene rings is 1. The lowest BCUT2D eigenvalue weighted by Crippen LogP contribution is -2.46. The average Bonchev–Trinajstić information content (AvgIpc) is 3.07. The Bertz CT molecular complexity index is 906. The summed E-state index contributed by atoms with van der Waals surface area (Å²) in [5.41, 5.74) is -0.673. The van der Waals surface area contributed by atoms with Gasteiger partial charge in [0.05, 0.1) is 19.2 Å². The molecule has 1 aromatic carbocycles. The van der Waals surface area contributed by atoms with Crippen LogP contribution in [0.25, 0.3) is 10.9 Å². The Kier molecular flexibility index (Phi) is 6.89. The van der Waals surface area contributed by atoms with Crippen LogP contribution in [0.4, 0.5) is 13.2 Å². The number of fused-ring (bicyclic) bond motifs is 1. The Morgan fingerprint density at radius 2 is 1.86 bits per heavy atom. The van der Waals surface area contributed by atoms with Gasteiger partial charge in [-0.15, -0.1) is 0 Å². The molecule has 0 saturated carbocycles. The van der Waals surface area contributed by atoms with Crippen molar-refractivity contribution in [3.63, 3.8) is 0 Å². The molecule has 0 spiro atoms. The molecular weight excluding hydrogens is 391 g/mol. The number of halogens is 3. The van der Waals surface area contributed by atoms with Crippen LogP contribution < -0.4 is 10.6 Å². The van der Waals surface area contributed by atoms with Crippen molar-refractivity contribution in [2.75, 3.05) is 13.7 Å². The summed E-state index contributed by atoms with van der Waals surface area (Å²) in [6.07, 6.45) is -4.12. The van der Waals surface area contributed by atoms with Crippen LogP contribution in [-0.4, -0.2) is 42.5 Å². The van der Waals surface area contributed by atoms with Gasteiger partial charge in [-0.3, -0.25) is 9.59 Å². The highest BCUT2D eigenvalue weighted by Crippen LogP contribution is 2.31. The number of rotatable bonds is 7. The van der Waals surface area contributed by atoms with E-state index >= 15 is 0 Å². The molecule has 0 bridgehead atoms. The maximum absolute atomic E-state index is 12.8. The molecule has 0 saturated heterocycles. The van der Waals surface area contributed by atoms with Gasteiger partial charge in [0.2, 0.25) is 5.91 Å². The van der Waals surface area contributed by atoms with Crippen molar-refractivity contribution in [3.05, 3.63) is 35.5 Å². The Hall–Kier alpha value is -3.04. The maximum Gasteiger partial charge on any atom is 0.416 e. The summed E-state index contributed by atoms with van der Waals surface area (Å²) in [6, 6.07) is 3.64. The van der Waals surface area contributed by atoms with Crippen LogP contribution in [0.1, 0.15) is 36.3 Å². The van der Waals surface area contributed by atoms with E-state index in [9.17, 15) is 27.6 Å².